The van der Waals surface area contributed by atoms with Crippen LogP contribution in [0.25, 0.3) is 6.08 Å². The molecule has 3 rings (SSSR count). The highest BCUT2D eigenvalue weighted by molar-refractivity contribution is 7.16. The maximum Gasteiger partial charge on any atom is 0.249 e. The zero-order valence-electron chi connectivity index (χ0n) is 18.7. The number of anilines is 1. The summed E-state index contributed by atoms with van der Waals surface area (Å²) in [4.78, 5) is 13.8. The smallest absolute Gasteiger partial charge is 0.249 e. The number of thiophene rings is 1. The summed E-state index contributed by atoms with van der Waals surface area (Å²) in [7, 11) is 0. The number of carbonyl (C=O) groups is 1. The summed E-state index contributed by atoms with van der Waals surface area (Å²) in [6.07, 6.45) is 7.56. The molecule has 3 nitrogen and oxygen atoms in total. The number of benzene rings is 1. The van der Waals surface area contributed by atoms with Crippen molar-refractivity contribution in [2.45, 2.75) is 66.2 Å². The average molecular weight is 421 g/mol. The fraction of sp³-hybridized carbons (Fsp3) is 0.462. The molecule has 0 aliphatic heterocycles. The lowest BCUT2D eigenvalue weighted by molar-refractivity contribution is -0.111. The summed E-state index contributed by atoms with van der Waals surface area (Å²) < 4.78 is 0. The van der Waals surface area contributed by atoms with Crippen molar-refractivity contribution in [1.82, 2.24) is 0 Å². The summed E-state index contributed by atoms with van der Waals surface area (Å²) in [5, 5.41) is 13.4. The number of rotatable bonds is 6. The Bertz CT molecular complexity index is 974. The van der Waals surface area contributed by atoms with Crippen molar-refractivity contribution in [2.75, 3.05) is 5.32 Å². The molecule has 1 aliphatic carbocycles. The summed E-state index contributed by atoms with van der Waals surface area (Å²) in [5.74, 6) is 0.920. The summed E-state index contributed by atoms with van der Waals surface area (Å²) in [5.41, 5.74) is 4.38. The second-order valence-corrected chi connectivity index (χ2v) is 10.4. The van der Waals surface area contributed by atoms with Gasteiger partial charge in [-0.05, 0) is 59.3 Å². The molecular weight excluding hydrogens is 388 g/mol. The number of carbonyl (C=O) groups excluding carboxylic acids is 1. The Hall–Kier alpha value is -2.38. The second-order valence-electron chi connectivity index (χ2n) is 9.25. The van der Waals surface area contributed by atoms with E-state index in [0.717, 1.165) is 36.8 Å². The molecule has 0 radical (unpaired) electrons. The first-order valence-corrected chi connectivity index (χ1v) is 11.7. The van der Waals surface area contributed by atoms with Crippen molar-refractivity contribution < 1.29 is 4.79 Å². The molecule has 0 saturated carbocycles. The molecule has 4 heteroatoms. The van der Waals surface area contributed by atoms with Crippen LogP contribution in [0.2, 0.25) is 0 Å². The first-order chi connectivity index (χ1) is 14.2. The zero-order chi connectivity index (χ0) is 21.9. The third kappa shape index (κ3) is 4.84. The summed E-state index contributed by atoms with van der Waals surface area (Å²) >= 11 is 1.58. The third-order valence-electron chi connectivity index (χ3n) is 6.66. The minimum atomic E-state index is -0.191. The Labute approximate surface area is 184 Å². The molecule has 0 spiro atoms. The molecule has 1 heterocycles. The summed E-state index contributed by atoms with van der Waals surface area (Å²) in [6, 6.07) is 10.6. The number of hydrogen-bond acceptors (Lipinski definition) is 3. The number of nitrogens with one attached hydrogen (secondary N) is 1. The Morgan fingerprint density at radius 3 is 2.63 bits per heavy atom. The van der Waals surface area contributed by atoms with Gasteiger partial charge in [-0.25, -0.2) is 0 Å². The third-order valence-corrected chi connectivity index (χ3v) is 7.83. The minimum Gasteiger partial charge on any atom is -0.313 e. The van der Waals surface area contributed by atoms with Crippen LogP contribution in [0.15, 0.2) is 30.3 Å². The van der Waals surface area contributed by atoms with E-state index < -0.39 is 0 Å². The van der Waals surface area contributed by atoms with Crippen LogP contribution < -0.4 is 5.32 Å². The Kier molecular flexibility index (Phi) is 6.83. The molecular formula is C26H32N2OS. The van der Waals surface area contributed by atoms with E-state index in [9.17, 15) is 10.1 Å². The lowest BCUT2D eigenvalue weighted by Crippen LogP contribution is -2.28. The molecule has 0 bridgehead atoms. The van der Waals surface area contributed by atoms with Gasteiger partial charge in [-0.1, -0.05) is 65.3 Å². The molecule has 1 N–H and O–H groups in total. The van der Waals surface area contributed by atoms with Crippen molar-refractivity contribution in [1.29, 1.82) is 5.26 Å². The summed E-state index contributed by atoms with van der Waals surface area (Å²) in [6.45, 7) is 11.2. The maximum atomic E-state index is 12.5. The van der Waals surface area contributed by atoms with E-state index in [1.807, 2.05) is 18.2 Å². The van der Waals surface area contributed by atoms with E-state index >= 15 is 0 Å². The lowest BCUT2D eigenvalue weighted by Gasteiger charge is -2.36. The van der Waals surface area contributed by atoms with Gasteiger partial charge in [0.15, 0.2) is 0 Å². The standard InChI is InChI=1S/C26H32N2OS/c1-6-26(4,5)20-12-13-21-22(16-27)25(30-23(21)15-20)28-24(29)14-9-18-7-10-19(11-8-18)17(2)3/h7-11,14,17,20H,6,12-13,15H2,1-5H3,(H,28,29)/b14-9+/t20-/m0/s1. The van der Waals surface area contributed by atoms with E-state index in [1.165, 1.54) is 10.4 Å². The predicted molar refractivity (Wildman–Crippen MR) is 127 cm³/mol. The van der Waals surface area contributed by atoms with Crippen LogP contribution in [0, 0.1) is 22.7 Å². The van der Waals surface area contributed by atoms with Crippen LogP contribution in [-0.2, 0) is 17.6 Å². The molecule has 0 saturated heterocycles. The predicted octanol–water partition coefficient (Wildman–Crippen LogP) is 6.94. The van der Waals surface area contributed by atoms with Gasteiger partial charge in [-0.2, -0.15) is 5.26 Å². The maximum absolute atomic E-state index is 12.5. The first-order valence-electron chi connectivity index (χ1n) is 10.9. The number of fused-ring (bicyclic) bond motifs is 1. The molecule has 2 aromatic rings. The van der Waals surface area contributed by atoms with Crippen molar-refractivity contribution in [3.8, 4) is 6.07 Å². The Balaban J connectivity index is 1.72. The largest absolute Gasteiger partial charge is 0.313 e. The van der Waals surface area contributed by atoms with Crippen molar-refractivity contribution in [2.24, 2.45) is 11.3 Å². The first kappa shape index (κ1) is 22.3. The Morgan fingerprint density at radius 2 is 2.03 bits per heavy atom. The molecule has 1 aromatic heterocycles. The average Bonchev–Trinajstić information content (AvgIpc) is 3.08. The van der Waals surface area contributed by atoms with Crippen molar-refractivity contribution in [3.63, 3.8) is 0 Å². The highest BCUT2D eigenvalue weighted by Gasteiger charge is 2.33. The molecule has 158 valence electrons. The van der Waals surface area contributed by atoms with E-state index in [0.29, 0.717) is 27.8 Å². The van der Waals surface area contributed by atoms with Crippen molar-refractivity contribution >= 4 is 28.3 Å². The quantitative estimate of drug-likeness (QED) is 0.515. The second kappa shape index (κ2) is 9.18. The normalized spacial score (nSPS) is 16.5. The number of amides is 1. The van der Waals surface area contributed by atoms with Gasteiger partial charge >= 0.3 is 0 Å². The monoisotopic (exact) mass is 420 g/mol. The fourth-order valence-electron chi connectivity index (χ4n) is 4.07. The molecule has 1 amide bonds. The van der Waals surface area contributed by atoms with E-state index in [1.54, 1.807) is 17.4 Å². The number of nitrogens with zero attached hydrogens (tertiary/aromatic N) is 1. The van der Waals surface area contributed by atoms with Crippen LogP contribution in [0.3, 0.4) is 0 Å². The zero-order valence-corrected chi connectivity index (χ0v) is 19.5. The fourth-order valence-corrected chi connectivity index (χ4v) is 5.35. The van der Waals surface area contributed by atoms with Crippen LogP contribution in [0.1, 0.15) is 80.5 Å². The molecule has 0 unspecified atom stereocenters. The van der Waals surface area contributed by atoms with Gasteiger partial charge in [0, 0.05) is 11.0 Å². The SMILES string of the molecule is CCC(C)(C)[C@H]1CCc2c(sc(NC(=O)/C=C/c3ccc(C(C)C)cc3)c2C#N)C1. The van der Waals surface area contributed by atoms with E-state index in [4.69, 9.17) is 0 Å². The van der Waals surface area contributed by atoms with E-state index in [-0.39, 0.29) is 5.91 Å². The molecule has 1 aliphatic rings. The van der Waals surface area contributed by atoms with Gasteiger partial charge in [0.05, 0.1) is 5.56 Å². The van der Waals surface area contributed by atoms with Crippen LogP contribution in [0.5, 0.6) is 0 Å². The van der Waals surface area contributed by atoms with Crippen LogP contribution >= 0.6 is 11.3 Å². The lowest BCUT2D eigenvalue weighted by atomic mass is 9.69. The molecule has 0 fully saturated rings. The van der Waals surface area contributed by atoms with E-state index in [2.05, 4.69) is 58.1 Å². The highest BCUT2D eigenvalue weighted by atomic mass is 32.1. The van der Waals surface area contributed by atoms with Crippen LogP contribution in [0.4, 0.5) is 5.00 Å². The van der Waals surface area contributed by atoms with Gasteiger partial charge < -0.3 is 5.32 Å². The van der Waals surface area contributed by atoms with Crippen molar-refractivity contribution in [3.05, 3.63) is 57.5 Å². The van der Waals surface area contributed by atoms with Gasteiger partial charge in [-0.15, -0.1) is 11.3 Å². The molecule has 1 atom stereocenters. The molecule has 30 heavy (non-hydrogen) atoms. The van der Waals surface area contributed by atoms with Gasteiger partial charge in [0.2, 0.25) is 5.91 Å². The topological polar surface area (TPSA) is 52.9 Å². The van der Waals surface area contributed by atoms with Gasteiger partial charge in [0.1, 0.15) is 11.1 Å². The van der Waals surface area contributed by atoms with Gasteiger partial charge in [0.25, 0.3) is 0 Å². The number of hydrogen-bond donors (Lipinski definition) is 1. The minimum absolute atomic E-state index is 0.191. The van der Waals surface area contributed by atoms with Gasteiger partial charge in [-0.3, -0.25) is 4.79 Å². The molecule has 1 aromatic carbocycles. The number of nitriles is 1. The highest BCUT2D eigenvalue weighted by Crippen LogP contribution is 2.45. The van der Waals surface area contributed by atoms with Crippen LogP contribution in [-0.4, -0.2) is 5.91 Å². The Morgan fingerprint density at radius 1 is 1.33 bits per heavy atom.